The van der Waals surface area contributed by atoms with Gasteiger partial charge in [-0.15, -0.1) is 0 Å². The van der Waals surface area contributed by atoms with E-state index in [1.165, 1.54) is 38.5 Å². The van der Waals surface area contributed by atoms with Crippen molar-refractivity contribution in [3.8, 4) is 17.2 Å². The number of nitrogens with zero attached hydrogens (tertiary/aromatic N) is 1. The van der Waals surface area contributed by atoms with Crippen LogP contribution < -0.4 is 15.2 Å². The molecule has 6 nitrogen and oxygen atoms in total. The van der Waals surface area contributed by atoms with E-state index in [1.54, 1.807) is 4.98 Å². The van der Waals surface area contributed by atoms with Crippen LogP contribution in [0.3, 0.4) is 0 Å². The minimum absolute atomic E-state index is 0.129. The van der Waals surface area contributed by atoms with Gasteiger partial charge in [-0.3, -0.25) is 0 Å². The van der Waals surface area contributed by atoms with Gasteiger partial charge in [0.1, 0.15) is 5.69 Å². The Labute approximate surface area is 134 Å². The van der Waals surface area contributed by atoms with Crippen molar-refractivity contribution >= 4 is 12.2 Å². The SMILES string of the molecule is COc1cc(C=Cc2cc(C(F)(F)F)[nH]c(=O)n2)cc(OC)c1O. The van der Waals surface area contributed by atoms with E-state index in [9.17, 15) is 23.1 Å². The van der Waals surface area contributed by atoms with E-state index in [-0.39, 0.29) is 22.9 Å². The summed E-state index contributed by atoms with van der Waals surface area (Å²) < 4.78 is 48.0. The molecule has 0 unspecified atom stereocenters. The highest BCUT2D eigenvalue weighted by molar-refractivity contribution is 5.71. The maximum absolute atomic E-state index is 12.7. The van der Waals surface area contributed by atoms with E-state index in [0.717, 1.165) is 0 Å². The molecule has 0 amide bonds. The van der Waals surface area contributed by atoms with Crippen LogP contribution in [0.25, 0.3) is 12.2 Å². The van der Waals surface area contributed by atoms with Crippen LogP contribution in [0.2, 0.25) is 0 Å². The summed E-state index contributed by atoms with van der Waals surface area (Å²) in [5, 5.41) is 9.80. The fraction of sp³-hybridized carbons (Fsp3) is 0.200. The third-order valence-electron chi connectivity index (χ3n) is 3.02. The van der Waals surface area contributed by atoms with Crippen LogP contribution in [0.5, 0.6) is 17.2 Å². The van der Waals surface area contributed by atoms with Gasteiger partial charge in [0, 0.05) is 0 Å². The second-order valence-electron chi connectivity index (χ2n) is 4.63. The quantitative estimate of drug-likeness (QED) is 0.892. The van der Waals surface area contributed by atoms with Gasteiger partial charge in [-0.1, -0.05) is 6.08 Å². The van der Waals surface area contributed by atoms with E-state index < -0.39 is 17.6 Å². The van der Waals surface area contributed by atoms with Gasteiger partial charge in [-0.25, -0.2) is 4.79 Å². The summed E-state index contributed by atoms with van der Waals surface area (Å²) in [5.74, 6) is 0.0542. The molecule has 24 heavy (non-hydrogen) atoms. The van der Waals surface area contributed by atoms with Gasteiger partial charge in [0.05, 0.1) is 19.9 Å². The molecular weight excluding hydrogens is 329 g/mol. The van der Waals surface area contributed by atoms with Gasteiger partial charge < -0.3 is 19.6 Å². The third kappa shape index (κ3) is 3.86. The molecule has 0 saturated carbocycles. The average Bonchev–Trinajstić information content (AvgIpc) is 2.52. The Morgan fingerprint density at radius 1 is 1.12 bits per heavy atom. The molecule has 0 fully saturated rings. The molecule has 2 N–H and O–H groups in total. The number of aromatic nitrogens is 2. The minimum atomic E-state index is -4.68. The highest BCUT2D eigenvalue weighted by Gasteiger charge is 2.32. The number of H-pyrrole nitrogens is 1. The molecular formula is C15H13F3N2O4. The molecule has 0 aliphatic carbocycles. The number of aromatic amines is 1. The Balaban J connectivity index is 2.41. The zero-order valence-electron chi connectivity index (χ0n) is 12.6. The Morgan fingerprint density at radius 3 is 2.21 bits per heavy atom. The van der Waals surface area contributed by atoms with Crippen molar-refractivity contribution in [2.24, 2.45) is 0 Å². The van der Waals surface area contributed by atoms with Gasteiger partial charge >= 0.3 is 11.9 Å². The molecule has 0 aliphatic rings. The first-order chi connectivity index (χ1) is 11.2. The van der Waals surface area contributed by atoms with Gasteiger partial charge in [-0.2, -0.15) is 18.2 Å². The maximum atomic E-state index is 12.7. The first-order valence-corrected chi connectivity index (χ1v) is 6.56. The van der Waals surface area contributed by atoms with Gasteiger partial charge in [0.25, 0.3) is 0 Å². The Morgan fingerprint density at radius 2 is 1.71 bits per heavy atom. The van der Waals surface area contributed by atoms with Crippen molar-refractivity contribution in [1.29, 1.82) is 0 Å². The van der Waals surface area contributed by atoms with Crippen molar-refractivity contribution in [3.63, 3.8) is 0 Å². The minimum Gasteiger partial charge on any atom is -0.502 e. The topological polar surface area (TPSA) is 84.4 Å². The number of phenols is 1. The van der Waals surface area contributed by atoms with E-state index in [0.29, 0.717) is 11.6 Å². The van der Waals surface area contributed by atoms with Crippen LogP contribution >= 0.6 is 0 Å². The number of halogens is 3. The number of benzene rings is 1. The summed E-state index contributed by atoms with van der Waals surface area (Å²) in [7, 11) is 2.69. The van der Waals surface area contributed by atoms with Crippen molar-refractivity contribution < 1.29 is 27.8 Å². The summed E-state index contributed by atoms with van der Waals surface area (Å²) in [5.41, 5.74) is -2.00. The van der Waals surface area contributed by atoms with Crippen LogP contribution in [-0.2, 0) is 6.18 Å². The van der Waals surface area contributed by atoms with Crippen molar-refractivity contribution in [2.45, 2.75) is 6.18 Å². The van der Waals surface area contributed by atoms with E-state index >= 15 is 0 Å². The molecule has 0 aliphatic heterocycles. The lowest BCUT2D eigenvalue weighted by atomic mass is 10.1. The summed E-state index contributed by atoms with van der Waals surface area (Å²) in [6.07, 6.45) is -2.04. The second-order valence-corrected chi connectivity index (χ2v) is 4.63. The van der Waals surface area contributed by atoms with Crippen molar-refractivity contribution in [1.82, 2.24) is 9.97 Å². The zero-order valence-corrected chi connectivity index (χ0v) is 12.6. The Bertz CT molecular complexity index is 803. The number of alkyl halides is 3. The van der Waals surface area contributed by atoms with Crippen LogP contribution in [0.15, 0.2) is 23.0 Å². The van der Waals surface area contributed by atoms with E-state index in [4.69, 9.17) is 9.47 Å². The first-order valence-electron chi connectivity index (χ1n) is 6.56. The van der Waals surface area contributed by atoms with Crippen LogP contribution in [0.4, 0.5) is 13.2 Å². The summed E-state index contributed by atoms with van der Waals surface area (Å²) in [6, 6.07) is 3.62. The van der Waals surface area contributed by atoms with Crippen molar-refractivity contribution in [3.05, 3.63) is 45.6 Å². The number of nitrogens with one attached hydrogen (secondary N) is 1. The molecule has 9 heteroatoms. The first kappa shape index (κ1) is 17.4. The summed E-state index contributed by atoms with van der Waals surface area (Å²) in [4.78, 5) is 16.3. The highest BCUT2D eigenvalue weighted by Crippen LogP contribution is 2.37. The van der Waals surface area contributed by atoms with Gasteiger partial charge in [-0.05, 0) is 29.8 Å². The Hall–Kier alpha value is -2.97. The average molecular weight is 342 g/mol. The molecule has 0 atom stereocenters. The van der Waals surface area contributed by atoms with Crippen LogP contribution in [0, 0.1) is 0 Å². The molecule has 1 heterocycles. The lowest BCUT2D eigenvalue weighted by molar-refractivity contribution is -0.141. The fourth-order valence-electron chi connectivity index (χ4n) is 1.91. The predicted molar refractivity (Wildman–Crippen MR) is 80.0 cm³/mol. The second kappa shape index (κ2) is 6.65. The zero-order chi connectivity index (χ0) is 17.9. The normalized spacial score (nSPS) is 11.7. The maximum Gasteiger partial charge on any atom is 0.431 e. The molecule has 0 radical (unpaired) electrons. The molecule has 1 aromatic heterocycles. The third-order valence-corrected chi connectivity index (χ3v) is 3.02. The molecule has 1 aromatic carbocycles. The number of hydrogen-bond acceptors (Lipinski definition) is 5. The fourth-order valence-corrected chi connectivity index (χ4v) is 1.91. The number of rotatable bonds is 4. The summed E-state index contributed by atoms with van der Waals surface area (Å²) in [6.45, 7) is 0. The van der Waals surface area contributed by atoms with Crippen LogP contribution in [0.1, 0.15) is 17.0 Å². The highest BCUT2D eigenvalue weighted by atomic mass is 19.4. The lowest BCUT2D eigenvalue weighted by Crippen LogP contribution is -2.19. The Kier molecular flexibility index (Phi) is 4.82. The molecule has 0 bridgehead atoms. The van der Waals surface area contributed by atoms with Crippen molar-refractivity contribution in [2.75, 3.05) is 14.2 Å². The van der Waals surface area contributed by atoms with Crippen LogP contribution in [-0.4, -0.2) is 29.3 Å². The number of ether oxygens (including phenoxy) is 2. The van der Waals surface area contributed by atoms with Gasteiger partial charge in [0.2, 0.25) is 5.75 Å². The molecule has 128 valence electrons. The number of phenolic OH excluding ortho intramolecular Hbond substituents is 1. The number of hydrogen-bond donors (Lipinski definition) is 2. The largest absolute Gasteiger partial charge is 0.502 e. The molecule has 0 saturated heterocycles. The number of aromatic hydroxyl groups is 1. The number of methoxy groups -OCH3 is 2. The summed E-state index contributed by atoms with van der Waals surface area (Å²) >= 11 is 0. The predicted octanol–water partition coefficient (Wildman–Crippen LogP) is 2.68. The molecule has 2 aromatic rings. The monoisotopic (exact) mass is 342 g/mol. The molecule has 0 spiro atoms. The van der Waals surface area contributed by atoms with E-state index in [1.807, 2.05) is 0 Å². The lowest BCUT2D eigenvalue weighted by Gasteiger charge is -2.09. The molecule has 2 rings (SSSR count). The standard InChI is InChI=1S/C15H13F3N2O4/c1-23-10-5-8(6-11(24-2)13(10)21)3-4-9-7-12(15(16,17)18)20-14(22)19-9/h3-7,21H,1-2H3,(H,19,20,22). The van der Waals surface area contributed by atoms with Gasteiger partial charge in [0.15, 0.2) is 11.5 Å². The smallest absolute Gasteiger partial charge is 0.431 e. The van der Waals surface area contributed by atoms with E-state index in [2.05, 4.69) is 4.98 Å².